The third-order valence-electron chi connectivity index (χ3n) is 2.28. The number of ether oxygens (including phenoxy) is 1. The molecule has 1 aromatic rings. The number of rotatable bonds is 2. The molecule has 0 saturated carbocycles. The van der Waals surface area contributed by atoms with E-state index in [-0.39, 0.29) is 0 Å². The van der Waals surface area contributed by atoms with Gasteiger partial charge in [-0.25, -0.2) is 0 Å². The molecule has 2 rings (SSSR count). The summed E-state index contributed by atoms with van der Waals surface area (Å²) in [7, 11) is 0. The zero-order valence-corrected chi connectivity index (χ0v) is 9.74. The van der Waals surface area contributed by atoms with E-state index in [4.69, 9.17) is 9.84 Å². The highest BCUT2D eigenvalue weighted by Crippen LogP contribution is 2.13. The van der Waals surface area contributed by atoms with Crippen LogP contribution in [-0.4, -0.2) is 17.7 Å². The van der Waals surface area contributed by atoms with Crippen LogP contribution in [0, 0.1) is 0 Å². The summed E-state index contributed by atoms with van der Waals surface area (Å²) in [6.07, 6.45) is 7.47. The minimum atomic E-state index is -0.781. The molecule has 3 nitrogen and oxygen atoms in total. The highest BCUT2D eigenvalue weighted by molar-refractivity contribution is 5.75. The van der Waals surface area contributed by atoms with Gasteiger partial charge in [0.2, 0.25) is 0 Å². The van der Waals surface area contributed by atoms with E-state index in [9.17, 15) is 4.79 Å². The summed E-state index contributed by atoms with van der Waals surface area (Å²) in [6.45, 7) is 2.41. The fourth-order valence-corrected chi connectivity index (χ4v) is 1.23. The van der Waals surface area contributed by atoms with Crippen LogP contribution in [0.25, 0.3) is 0 Å². The first-order valence-electron chi connectivity index (χ1n) is 5.43. The first-order valence-corrected chi connectivity index (χ1v) is 5.43. The van der Waals surface area contributed by atoms with Crippen LogP contribution in [0.4, 0.5) is 0 Å². The predicted octanol–water partition coefficient (Wildman–Crippen LogP) is 2.96. The molecule has 0 radical (unpaired) electrons. The molecule has 0 saturated heterocycles. The normalized spacial score (nSPS) is 14.2. The molecule has 0 fully saturated rings. The molecular formula is C14H16O3. The van der Waals surface area contributed by atoms with Crippen LogP contribution >= 0.6 is 0 Å². The summed E-state index contributed by atoms with van der Waals surface area (Å²) >= 11 is 0. The quantitative estimate of drug-likeness (QED) is 0.852. The monoisotopic (exact) mass is 232 g/mol. The lowest BCUT2D eigenvalue weighted by atomic mass is 10.0. The Morgan fingerprint density at radius 1 is 1.29 bits per heavy atom. The smallest absolute Gasteiger partial charge is 0.310 e. The zero-order valence-electron chi connectivity index (χ0n) is 9.74. The molecule has 1 atom stereocenters. The summed E-state index contributed by atoms with van der Waals surface area (Å²) in [4.78, 5) is 10.5. The number of carboxylic acids is 1. The third kappa shape index (κ3) is 5.02. The van der Waals surface area contributed by atoms with Crippen LogP contribution < -0.4 is 0 Å². The van der Waals surface area contributed by atoms with Gasteiger partial charge in [-0.15, -0.1) is 0 Å². The highest BCUT2D eigenvalue weighted by atomic mass is 16.5. The Hall–Kier alpha value is -2.03. The maximum atomic E-state index is 10.5. The molecule has 17 heavy (non-hydrogen) atoms. The molecule has 90 valence electrons. The van der Waals surface area contributed by atoms with Gasteiger partial charge in [-0.3, -0.25) is 4.79 Å². The van der Waals surface area contributed by atoms with Crippen molar-refractivity contribution >= 4 is 5.97 Å². The first kappa shape index (κ1) is 13.0. The summed E-state index contributed by atoms with van der Waals surface area (Å²) in [5, 5.41) is 8.64. The van der Waals surface area contributed by atoms with Gasteiger partial charge in [0.1, 0.15) is 6.61 Å². The number of carboxylic acid groups (broad SMARTS) is 1. The van der Waals surface area contributed by atoms with Crippen LogP contribution in [0.1, 0.15) is 18.4 Å². The summed E-state index contributed by atoms with van der Waals surface area (Å²) in [6, 6.07) is 9.19. The van der Waals surface area contributed by atoms with E-state index in [0.29, 0.717) is 0 Å². The Labute approximate surface area is 101 Å². The lowest BCUT2D eigenvalue weighted by molar-refractivity contribution is -0.138. The second-order valence-electron chi connectivity index (χ2n) is 3.56. The van der Waals surface area contributed by atoms with Crippen molar-refractivity contribution in [3.05, 3.63) is 60.4 Å². The van der Waals surface area contributed by atoms with Crippen LogP contribution in [0.5, 0.6) is 0 Å². The standard InChI is InChI=1S/C9H10O2.C5H6O/c1-7(9(10)11)8-5-3-2-4-6-8;1-2-4-6-5-3-1/h2-7H,1H3,(H,10,11);1-4H,5H2. The number of carbonyl (C=O) groups is 1. The fourth-order valence-electron chi connectivity index (χ4n) is 1.23. The molecule has 0 amide bonds. The van der Waals surface area contributed by atoms with E-state index in [0.717, 1.165) is 12.2 Å². The van der Waals surface area contributed by atoms with E-state index in [2.05, 4.69) is 0 Å². The Balaban J connectivity index is 0.000000202. The van der Waals surface area contributed by atoms with Crippen LogP contribution in [0.3, 0.4) is 0 Å². The second kappa shape index (κ2) is 7.28. The van der Waals surface area contributed by atoms with Gasteiger partial charge in [-0.05, 0) is 24.6 Å². The van der Waals surface area contributed by atoms with Crippen LogP contribution in [-0.2, 0) is 9.53 Å². The second-order valence-corrected chi connectivity index (χ2v) is 3.56. The lowest BCUT2D eigenvalue weighted by Gasteiger charge is -2.04. The predicted molar refractivity (Wildman–Crippen MR) is 66.7 cm³/mol. The molecule has 1 aliphatic heterocycles. The zero-order chi connectivity index (χ0) is 12.5. The molecule has 1 N–H and O–H groups in total. The van der Waals surface area contributed by atoms with Gasteiger partial charge in [0, 0.05) is 0 Å². The maximum Gasteiger partial charge on any atom is 0.310 e. The molecule has 1 aliphatic rings. The highest BCUT2D eigenvalue weighted by Gasteiger charge is 2.11. The van der Waals surface area contributed by atoms with Crippen molar-refractivity contribution in [2.24, 2.45) is 0 Å². The van der Waals surface area contributed by atoms with Gasteiger partial charge in [-0.1, -0.05) is 36.4 Å². The fraction of sp³-hybridized carbons (Fsp3) is 0.214. The molecule has 1 heterocycles. The van der Waals surface area contributed by atoms with Crippen molar-refractivity contribution in [3.8, 4) is 0 Å². The number of hydrogen-bond acceptors (Lipinski definition) is 2. The van der Waals surface area contributed by atoms with Gasteiger partial charge in [0.05, 0.1) is 12.2 Å². The first-order chi connectivity index (χ1) is 8.22. The summed E-state index contributed by atoms with van der Waals surface area (Å²) in [5.74, 6) is -1.19. The van der Waals surface area contributed by atoms with Crippen molar-refractivity contribution in [3.63, 3.8) is 0 Å². The van der Waals surface area contributed by atoms with E-state index < -0.39 is 11.9 Å². The van der Waals surface area contributed by atoms with Gasteiger partial charge in [0.15, 0.2) is 0 Å². The average Bonchev–Trinajstić information content (AvgIpc) is 2.41. The van der Waals surface area contributed by atoms with Crippen molar-refractivity contribution in [1.82, 2.24) is 0 Å². The van der Waals surface area contributed by atoms with Crippen molar-refractivity contribution < 1.29 is 14.6 Å². The Kier molecular flexibility index (Phi) is 5.58. The molecule has 0 bridgehead atoms. The largest absolute Gasteiger partial charge is 0.497 e. The number of benzene rings is 1. The topological polar surface area (TPSA) is 46.5 Å². The molecule has 0 aliphatic carbocycles. The van der Waals surface area contributed by atoms with E-state index in [1.165, 1.54) is 0 Å². The van der Waals surface area contributed by atoms with Gasteiger partial charge in [-0.2, -0.15) is 0 Å². The van der Waals surface area contributed by atoms with Crippen molar-refractivity contribution in [1.29, 1.82) is 0 Å². The molecule has 0 aromatic heterocycles. The minimum absolute atomic E-state index is 0.406. The van der Waals surface area contributed by atoms with Gasteiger partial charge < -0.3 is 9.84 Å². The van der Waals surface area contributed by atoms with Gasteiger partial charge >= 0.3 is 5.97 Å². The number of allylic oxidation sites excluding steroid dienone is 2. The Morgan fingerprint density at radius 3 is 2.35 bits per heavy atom. The van der Waals surface area contributed by atoms with E-state index in [1.807, 2.05) is 48.6 Å². The summed E-state index contributed by atoms with van der Waals surface area (Å²) < 4.78 is 4.80. The van der Waals surface area contributed by atoms with E-state index in [1.54, 1.807) is 13.2 Å². The Morgan fingerprint density at radius 2 is 2.00 bits per heavy atom. The maximum absolute atomic E-state index is 10.5. The SMILES string of the molecule is C1=CCOC=C1.CC(C(=O)O)c1ccccc1. The van der Waals surface area contributed by atoms with E-state index >= 15 is 0 Å². The molecule has 1 aromatic carbocycles. The van der Waals surface area contributed by atoms with Gasteiger partial charge in [0.25, 0.3) is 0 Å². The number of hydrogen-bond donors (Lipinski definition) is 1. The molecule has 3 heteroatoms. The Bertz CT molecular complexity index is 381. The van der Waals surface area contributed by atoms with Crippen molar-refractivity contribution in [2.75, 3.05) is 6.61 Å². The third-order valence-corrected chi connectivity index (χ3v) is 2.28. The van der Waals surface area contributed by atoms with Crippen LogP contribution in [0.2, 0.25) is 0 Å². The molecule has 1 unspecified atom stereocenters. The average molecular weight is 232 g/mol. The van der Waals surface area contributed by atoms with Crippen molar-refractivity contribution in [2.45, 2.75) is 12.8 Å². The summed E-state index contributed by atoms with van der Waals surface area (Å²) in [5.41, 5.74) is 0.847. The van der Waals surface area contributed by atoms with Crippen LogP contribution in [0.15, 0.2) is 54.8 Å². The molecular weight excluding hydrogens is 216 g/mol. The number of aliphatic carboxylic acids is 1. The molecule has 0 spiro atoms. The lowest BCUT2D eigenvalue weighted by Crippen LogP contribution is -2.06. The minimum Gasteiger partial charge on any atom is -0.497 e.